The lowest BCUT2D eigenvalue weighted by Gasteiger charge is -2.13. The Morgan fingerprint density at radius 3 is 1.52 bits per heavy atom. The summed E-state index contributed by atoms with van der Waals surface area (Å²) in [5, 5.41) is 0. The molecule has 0 aromatic heterocycles. The summed E-state index contributed by atoms with van der Waals surface area (Å²) in [6, 6.07) is 3.73. The minimum absolute atomic E-state index is 0.112. The first-order valence-electron chi connectivity index (χ1n) is 10.0. The van der Waals surface area contributed by atoms with E-state index in [1.165, 1.54) is 56.3 Å². The maximum atomic E-state index is 12.5. The monoisotopic (exact) mass is 343 g/mol. The molecule has 0 bridgehead atoms. The second-order valence-corrected chi connectivity index (χ2v) is 7.43. The van der Waals surface area contributed by atoms with Crippen LogP contribution in [-0.2, 0) is 0 Å². The van der Waals surface area contributed by atoms with E-state index in [0.29, 0.717) is 17.7 Å². The Morgan fingerprint density at radius 1 is 0.680 bits per heavy atom. The maximum absolute atomic E-state index is 12.5. The van der Waals surface area contributed by atoms with Crippen molar-refractivity contribution in [2.24, 2.45) is 0 Å². The minimum Gasteiger partial charge on any atom is -0.274 e. The van der Waals surface area contributed by atoms with Crippen molar-refractivity contribution in [2.75, 3.05) is 6.54 Å². The van der Waals surface area contributed by atoms with E-state index in [2.05, 4.69) is 6.92 Å². The molecule has 1 aromatic carbocycles. The summed E-state index contributed by atoms with van der Waals surface area (Å²) in [5.74, 6) is -0.224. The number of hydrogen-bond donors (Lipinski definition) is 0. The molecule has 0 saturated heterocycles. The van der Waals surface area contributed by atoms with Gasteiger partial charge in [-0.3, -0.25) is 14.5 Å². The van der Waals surface area contributed by atoms with Gasteiger partial charge in [0.1, 0.15) is 0 Å². The molecule has 1 aromatic rings. The number of fused-ring (bicyclic) bond motifs is 1. The molecule has 0 unspecified atom stereocenters. The van der Waals surface area contributed by atoms with E-state index in [1.54, 1.807) is 0 Å². The summed E-state index contributed by atoms with van der Waals surface area (Å²) in [5.41, 5.74) is 3.31. The number of amides is 2. The van der Waals surface area contributed by atoms with Crippen molar-refractivity contribution in [1.29, 1.82) is 0 Å². The highest BCUT2D eigenvalue weighted by atomic mass is 16.2. The van der Waals surface area contributed by atoms with Crippen LogP contribution in [-0.4, -0.2) is 23.3 Å². The van der Waals surface area contributed by atoms with E-state index >= 15 is 0 Å². The molecular formula is C22H33NO2. The molecule has 0 saturated carbocycles. The van der Waals surface area contributed by atoms with E-state index < -0.39 is 0 Å². The Kier molecular flexibility index (Phi) is 7.67. The van der Waals surface area contributed by atoms with Gasteiger partial charge in [0.05, 0.1) is 11.1 Å². The van der Waals surface area contributed by atoms with Crippen LogP contribution in [0.1, 0.15) is 103 Å². The molecule has 0 N–H and O–H groups in total. The van der Waals surface area contributed by atoms with Gasteiger partial charge in [-0.2, -0.15) is 0 Å². The summed E-state index contributed by atoms with van der Waals surface area (Å²) in [6.45, 7) is 6.77. The highest BCUT2D eigenvalue weighted by Gasteiger charge is 2.35. The zero-order valence-corrected chi connectivity index (χ0v) is 16.2. The molecule has 2 amide bonds. The van der Waals surface area contributed by atoms with Gasteiger partial charge in [0.15, 0.2) is 0 Å². The van der Waals surface area contributed by atoms with E-state index in [-0.39, 0.29) is 11.8 Å². The molecule has 25 heavy (non-hydrogen) atoms. The average molecular weight is 344 g/mol. The number of rotatable bonds is 11. The second-order valence-electron chi connectivity index (χ2n) is 7.43. The summed E-state index contributed by atoms with van der Waals surface area (Å²) >= 11 is 0. The first-order valence-corrected chi connectivity index (χ1v) is 10.0. The number of aryl methyl sites for hydroxylation is 2. The topological polar surface area (TPSA) is 37.4 Å². The van der Waals surface area contributed by atoms with Gasteiger partial charge in [0.25, 0.3) is 11.8 Å². The Labute approximate surface area is 152 Å². The van der Waals surface area contributed by atoms with Crippen molar-refractivity contribution in [3.05, 3.63) is 34.4 Å². The third-order valence-corrected chi connectivity index (χ3v) is 5.32. The van der Waals surface area contributed by atoms with E-state index in [1.807, 2.05) is 26.0 Å². The fourth-order valence-corrected chi connectivity index (χ4v) is 3.51. The standard InChI is InChI=1S/C22H33NO2/c1-4-5-6-7-8-9-10-11-12-13-14-23-21(24)19-15-17(2)18(3)16-20(19)22(23)25/h15-16H,4-14H2,1-3H3. The van der Waals surface area contributed by atoms with E-state index in [0.717, 1.165) is 24.0 Å². The fourth-order valence-electron chi connectivity index (χ4n) is 3.51. The van der Waals surface area contributed by atoms with Gasteiger partial charge < -0.3 is 0 Å². The molecule has 1 heterocycles. The highest BCUT2D eigenvalue weighted by molar-refractivity contribution is 6.21. The number of nitrogens with zero attached hydrogens (tertiary/aromatic N) is 1. The van der Waals surface area contributed by atoms with Gasteiger partial charge in [-0.1, -0.05) is 64.7 Å². The van der Waals surface area contributed by atoms with Gasteiger partial charge in [0.2, 0.25) is 0 Å². The number of imide groups is 1. The Balaban J connectivity index is 1.67. The number of carbonyl (C=O) groups excluding carboxylic acids is 2. The van der Waals surface area contributed by atoms with Crippen LogP contribution in [0.5, 0.6) is 0 Å². The van der Waals surface area contributed by atoms with Crippen LogP contribution in [0.4, 0.5) is 0 Å². The van der Waals surface area contributed by atoms with Crippen molar-refractivity contribution in [2.45, 2.75) is 85.0 Å². The van der Waals surface area contributed by atoms with Crippen LogP contribution in [0, 0.1) is 13.8 Å². The van der Waals surface area contributed by atoms with Crippen LogP contribution in [0.15, 0.2) is 12.1 Å². The van der Waals surface area contributed by atoms with Gasteiger partial charge in [-0.05, 0) is 43.5 Å². The minimum atomic E-state index is -0.112. The number of hydrogen-bond acceptors (Lipinski definition) is 2. The van der Waals surface area contributed by atoms with Crippen molar-refractivity contribution in [1.82, 2.24) is 4.90 Å². The molecule has 138 valence electrons. The normalized spacial score (nSPS) is 13.6. The molecule has 3 nitrogen and oxygen atoms in total. The van der Waals surface area contributed by atoms with Crippen LogP contribution in [0.3, 0.4) is 0 Å². The first kappa shape index (κ1) is 19.7. The molecule has 0 atom stereocenters. The smallest absolute Gasteiger partial charge is 0.261 e. The molecule has 1 aliphatic heterocycles. The summed E-state index contributed by atoms with van der Waals surface area (Å²) in [6.07, 6.45) is 12.5. The first-order chi connectivity index (χ1) is 12.1. The quantitative estimate of drug-likeness (QED) is 0.375. The third-order valence-electron chi connectivity index (χ3n) is 5.32. The Hall–Kier alpha value is -1.64. The Morgan fingerprint density at radius 2 is 1.08 bits per heavy atom. The van der Waals surface area contributed by atoms with E-state index in [4.69, 9.17) is 0 Å². The summed E-state index contributed by atoms with van der Waals surface area (Å²) < 4.78 is 0. The fraction of sp³-hybridized carbons (Fsp3) is 0.636. The lowest BCUT2D eigenvalue weighted by atomic mass is 10.0. The molecule has 0 radical (unpaired) electrons. The number of unbranched alkanes of at least 4 members (excludes halogenated alkanes) is 9. The molecule has 0 aliphatic carbocycles. The Bertz CT molecular complexity index is 565. The lowest BCUT2D eigenvalue weighted by Crippen LogP contribution is -2.30. The van der Waals surface area contributed by atoms with Crippen molar-refractivity contribution in [3.8, 4) is 0 Å². The summed E-state index contributed by atoms with van der Waals surface area (Å²) in [7, 11) is 0. The number of carbonyl (C=O) groups is 2. The van der Waals surface area contributed by atoms with Crippen LogP contribution < -0.4 is 0 Å². The van der Waals surface area contributed by atoms with Gasteiger partial charge in [0, 0.05) is 6.54 Å². The van der Waals surface area contributed by atoms with Crippen LogP contribution >= 0.6 is 0 Å². The third kappa shape index (κ3) is 5.17. The van der Waals surface area contributed by atoms with Crippen molar-refractivity contribution >= 4 is 11.8 Å². The van der Waals surface area contributed by atoms with Crippen LogP contribution in [0.2, 0.25) is 0 Å². The van der Waals surface area contributed by atoms with Gasteiger partial charge in [-0.25, -0.2) is 0 Å². The predicted molar refractivity (Wildman–Crippen MR) is 103 cm³/mol. The zero-order valence-electron chi connectivity index (χ0n) is 16.2. The number of benzene rings is 1. The molecular weight excluding hydrogens is 310 g/mol. The van der Waals surface area contributed by atoms with Gasteiger partial charge in [-0.15, -0.1) is 0 Å². The predicted octanol–water partition coefficient (Wildman–Crippen LogP) is 5.82. The maximum Gasteiger partial charge on any atom is 0.261 e. The summed E-state index contributed by atoms with van der Waals surface area (Å²) in [4.78, 5) is 26.4. The molecule has 0 fully saturated rings. The average Bonchev–Trinajstić information content (AvgIpc) is 2.81. The lowest BCUT2D eigenvalue weighted by molar-refractivity contribution is 0.0651. The second kappa shape index (κ2) is 9.74. The zero-order chi connectivity index (χ0) is 18.2. The highest BCUT2D eigenvalue weighted by Crippen LogP contribution is 2.26. The SMILES string of the molecule is CCCCCCCCCCCCN1C(=O)c2cc(C)c(C)cc2C1=O. The largest absolute Gasteiger partial charge is 0.274 e. The van der Waals surface area contributed by atoms with Crippen molar-refractivity contribution < 1.29 is 9.59 Å². The molecule has 1 aliphatic rings. The van der Waals surface area contributed by atoms with Gasteiger partial charge >= 0.3 is 0 Å². The molecule has 3 heteroatoms. The van der Waals surface area contributed by atoms with E-state index in [9.17, 15) is 9.59 Å². The van der Waals surface area contributed by atoms with Crippen LogP contribution in [0.25, 0.3) is 0 Å². The van der Waals surface area contributed by atoms with Crippen molar-refractivity contribution in [3.63, 3.8) is 0 Å². The molecule has 2 rings (SSSR count). The molecule has 0 spiro atoms.